The van der Waals surface area contributed by atoms with Crippen molar-refractivity contribution in [1.29, 1.82) is 0 Å². The molecule has 0 saturated carbocycles. The zero-order valence-electron chi connectivity index (χ0n) is 14.0. The van der Waals surface area contributed by atoms with Gasteiger partial charge >= 0.3 is 0 Å². The SMILES string of the molecule is Cc1ccc(N=Nc2c(O)c(OC=O)cc3ccccc23)c(S(=O)(=O)O)c1. The summed E-state index contributed by atoms with van der Waals surface area (Å²) < 4.78 is 37.3. The fourth-order valence-electron chi connectivity index (χ4n) is 2.55. The van der Waals surface area contributed by atoms with Gasteiger partial charge in [-0.2, -0.15) is 8.42 Å². The van der Waals surface area contributed by atoms with E-state index >= 15 is 0 Å². The van der Waals surface area contributed by atoms with Gasteiger partial charge in [0.15, 0.2) is 11.5 Å². The summed E-state index contributed by atoms with van der Waals surface area (Å²) in [6, 6.07) is 12.6. The number of benzene rings is 3. The number of carbonyl (C=O) groups is 1. The Morgan fingerprint density at radius 1 is 1.07 bits per heavy atom. The molecule has 0 spiro atoms. The third-order valence-electron chi connectivity index (χ3n) is 3.79. The maximum atomic E-state index is 11.6. The van der Waals surface area contributed by atoms with Crippen molar-refractivity contribution in [1.82, 2.24) is 0 Å². The lowest BCUT2D eigenvalue weighted by Crippen LogP contribution is -1.98. The Labute approximate surface area is 154 Å². The molecule has 8 nitrogen and oxygen atoms in total. The monoisotopic (exact) mass is 386 g/mol. The first-order valence-corrected chi connectivity index (χ1v) is 9.10. The molecule has 0 radical (unpaired) electrons. The summed E-state index contributed by atoms with van der Waals surface area (Å²) in [6.07, 6.45) is 0. The van der Waals surface area contributed by atoms with Crippen molar-refractivity contribution in [2.75, 3.05) is 0 Å². The maximum absolute atomic E-state index is 11.6. The molecule has 0 aliphatic heterocycles. The molecule has 138 valence electrons. The van der Waals surface area contributed by atoms with Gasteiger partial charge in [-0.3, -0.25) is 9.35 Å². The Bertz CT molecular complexity index is 1170. The minimum Gasteiger partial charge on any atom is -0.503 e. The van der Waals surface area contributed by atoms with Crippen LogP contribution in [0.25, 0.3) is 10.8 Å². The number of nitrogens with zero attached hydrogens (tertiary/aromatic N) is 2. The standard InChI is InChI=1S/C18H14N2O6S/c1-11-6-7-14(16(8-11)27(23,24)25)19-20-17-13-5-3-2-4-12(13)9-15(18(17)22)26-10-21/h2-10,22H,1H3,(H,23,24,25). The molecule has 0 saturated heterocycles. The lowest BCUT2D eigenvalue weighted by atomic mass is 10.1. The van der Waals surface area contributed by atoms with E-state index in [1.807, 2.05) is 0 Å². The first kappa shape index (κ1) is 18.5. The minimum absolute atomic E-state index is 0.00758. The molecule has 9 heteroatoms. The van der Waals surface area contributed by atoms with E-state index in [0.717, 1.165) is 0 Å². The number of phenols is 1. The number of hydrogen-bond acceptors (Lipinski definition) is 7. The number of fused-ring (bicyclic) bond motifs is 1. The summed E-state index contributed by atoms with van der Waals surface area (Å²) in [5.74, 6) is -0.540. The lowest BCUT2D eigenvalue weighted by molar-refractivity contribution is -0.120. The van der Waals surface area contributed by atoms with E-state index in [-0.39, 0.29) is 23.6 Å². The molecule has 0 bridgehead atoms. The van der Waals surface area contributed by atoms with E-state index in [1.165, 1.54) is 18.2 Å². The van der Waals surface area contributed by atoms with Gasteiger partial charge in [-0.1, -0.05) is 30.3 Å². The molecule has 0 heterocycles. The third-order valence-corrected chi connectivity index (χ3v) is 4.67. The van der Waals surface area contributed by atoms with Crippen molar-refractivity contribution in [3.05, 3.63) is 54.1 Å². The summed E-state index contributed by atoms with van der Waals surface area (Å²) >= 11 is 0. The van der Waals surface area contributed by atoms with Gasteiger partial charge < -0.3 is 9.84 Å². The minimum atomic E-state index is -4.52. The second kappa shape index (κ2) is 7.14. The molecule has 3 aromatic rings. The van der Waals surface area contributed by atoms with Gasteiger partial charge in [-0.15, -0.1) is 10.2 Å². The molecule has 0 atom stereocenters. The van der Waals surface area contributed by atoms with Crippen LogP contribution < -0.4 is 4.74 Å². The molecule has 3 rings (SSSR count). The van der Waals surface area contributed by atoms with Crippen molar-refractivity contribution in [3.8, 4) is 11.5 Å². The Morgan fingerprint density at radius 3 is 2.52 bits per heavy atom. The number of aryl methyl sites for hydroxylation is 1. The van der Waals surface area contributed by atoms with Crippen LogP contribution in [0.5, 0.6) is 11.5 Å². The number of aromatic hydroxyl groups is 1. The Morgan fingerprint density at radius 2 is 1.81 bits per heavy atom. The predicted octanol–water partition coefficient (Wildman–Crippen LogP) is 4.05. The normalized spacial score (nSPS) is 11.8. The summed E-state index contributed by atoms with van der Waals surface area (Å²) in [6.45, 7) is 1.83. The number of phenolic OH excluding ortho intramolecular Hbond substituents is 1. The van der Waals surface area contributed by atoms with Crippen LogP contribution in [0, 0.1) is 6.92 Å². The van der Waals surface area contributed by atoms with Crippen LogP contribution in [0.3, 0.4) is 0 Å². The molecule has 0 amide bonds. The van der Waals surface area contributed by atoms with Crippen LogP contribution >= 0.6 is 0 Å². The topological polar surface area (TPSA) is 126 Å². The van der Waals surface area contributed by atoms with Crippen LogP contribution in [-0.2, 0) is 14.9 Å². The fourth-order valence-corrected chi connectivity index (χ4v) is 3.26. The van der Waals surface area contributed by atoms with Crippen molar-refractivity contribution < 1.29 is 27.6 Å². The van der Waals surface area contributed by atoms with Gasteiger partial charge in [0.1, 0.15) is 16.3 Å². The average Bonchev–Trinajstić information content (AvgIpc) is 2.62. The first-order chi connectivity index (χ1) is 12.8. The first-order valence-electron chi connectivity index (χ1n) is 7.66. The van der Waals surface area contributed by atoms with Gasteiger partial charge in [-0.05, 0) is 36.1 Å². The van der Waals surface area contributed by atoms with E-state index < -0.39 is 20.8 Å². The second-order valence-electron chi connectivity index (χ2n) is 5.65. The van der Waals surface area contributed by atoms with Crippen LogP contribution in [0.15, 0.2) is 63.7 Å². The van der Waals surface area contributed by atoms with E-state index in [1.54, 1.807) is 37.3 Å². The highest BCUT2D eigenvalue weighted by Gasteiger charge is 2.17. The molecule has 3 aromatic carbocycles. The van der Waals surface area contributed by atoms with E-state index in [4.69, 9.17) is 4.74 Å². The molecule has 2 N–H and O–H groups in total. The van der Waals surface area contributed by atoms with Gasteiger partial charge in [0.25, 0.3) is 16.6 Å². The number of hydrogen-bond donors (Lipinski definition) is 2. The third kappa shape index (κ3) is 3.78. The number of carbonyl (C=O) groups excluding carboxylic acids is 1. The summed E-state index contributed by atoms with van der Waals surface area (Å²) in [5, 5.41) is 19.3. The zero-order valence-corrected chi connectivity index (χ0v) is 14.8. The molecule has 0 aromatic heterocycles. The molecule has 0 aliphatic rings. The molecule has 0 unspecified atom stereocenters. The largest absolute Gasteiger partial charge is 0.503 e. The van der Waals surface area contributed by atoms with Crippen LogP contribution in [0.4, 0.5) is 11.4 Å². The Hall–Kier alpha value is -3.30. The number of ether oxygens (including phenoxy) is 1. The second-order valence-corrected chi connectivity index (χ2v) is 7.04. The van der Waals surface area contributed by atoms with Gasteiger partial charge in [0.05, 0.1) is 0 Å². The number of rotatable bonds is 5. The van der Waals surface area contributed by atoms with Crippen LogP contribution in [0.2, 0.25) is 0 Å². The summed E-state index contributed by atoms with van der Waals surface area (Å²) in [5.41, 5.74) is 0.497. The number of azo groups is 1. The van der Waals surface area contributed by atoms with Crippen LogP contribution in [0.1, 0.15) is 5.56 Å². The smallest absolute Gasteiger partial charge is 0.298 e. The van der Waals surface area contributed by atoms with Crippen molar-refractivity contribution in [2.45, 2.75) is 11.8 Å². The summed E-state index contributed by atoms with van der Waals surface area (Å²) in [7, 11) is -4.52. The molecule has 0 aliphatic carbocycles. The van der Waals surface area contributed by atoms with Crippen molar-refractivity contribution >= 4 is 38.7 Å². The van der Waals surface area contributed by atoms with E-state index in [9.17, 15) is 22.9 Å². The van der Waals surface area contributed by atoms with E-state index in [2.05, 4.69) is 10.2 Å². The molecule has 0 fully saturated rings. The van der Waals surface area contributed by atoms with Crippen LogP contribution in [-0.4, -0.2) is 24.5 Å². The summed E-state index contributed by atoms with van der Waals surface area (Å²) in [4.78, 5) is 10.3. The Kier molecular flexibility index (Phi) is 4.89. The zero-order chi connectivity index (χ0) is 19.6. The molecule has 27 heavy (non-hydrogen) atoms. The van der Waals surface area contributed by atoms with Gasteiger partial charge in [0, 0.05) is 5.39 Å². The maximum Gasteiger partial charge on any atom is 0.298 e. The van der Waals surface area contributed by atoms with Gasteiger partial charge in [0.2, 0.25) is 0 Å². The van der Waals surface area contributed by atoms with Gasteiger partial charge in [-0.25, -0.2) is 0 Å². The highest BCUT2D eigenvalue weighted by Crippen LogP contribution is 2.43. The van der Waals surface area contributed by atoms with E-state index in [0.29, 0.717) is 16.3 Å². The highest BCUT2D eigenvalue weighted by molar-refractivity contribution is 7.86. The average molecular weight is 386 g/mol. The van der Waals surface area contributed by atoms with Crippen molar-refractivity contribution in [2.24, 2.45) is 10.2 Å². The quantitative estimate of drug-likeness (QED) is 0.387. The Balaban J connectivity index is 2.20. The molecular formula is C18H14N2O6S. The fraction of sp³-hybridized carbons (Fsp3) is 0.0556. The van der Waals surface area contributed by atoms with Crippen molar-refractivity contribution in [3.63, 3.8) is 0 Å². The highest BCUT2D eigenvalue weighted by atomic mass is 32.2. The molecular weight excluding hydrogens is 372 g/mol. The predicted molar refractivity (Wildman–Crippen MR) is 97.5 cm³/mol. The lowest BCUT2D eigenvalue weighted by Gasteiger charge is -2.09.